The van der Waals surface area contributed by atoms with Crippen molar-refractivity contribution in [2.24, 2.45) is 5.92 Å². The van der Waals surface area contributed by atoms with Crippen LogP contribution in [-0.4, -0.2) is 34.9 Å². The first-order valence-corrected chi connectivity index (χ1v) is 8.12. The van der Waals surface area contributed by atoms with Gasteiger partial charge in [0.15, 0.2) is 0 Å². The summed E-state index contributed by atoms with van der Waals surface area (Å²) in [5.74, 6) is -0.365. The second kappa shape index (κ2) is 6.15. The molecule has 1 unspecified atom stereocenters. The van der Waals surface area contributed by atoms with Crippen molar-refractivity contribution in [3.63, 3.8) is 0 Å². The van der Waals surface area contributed by atoms with Crippen LogP contribution in [0.3, 0.4) is 0 Å². The summed E-state index contributed by atoms with van der Waals surface area (Å²) in [5.41, 5.74) is 4.12. The van der Waals surface area contributed by atoms with Crippen LogP contribution in [-0.2, 0) is 20.7 Å². The molecule has 5 nitrogen and oxygen atoms in total. The van der Waals surface area contributed by atoms with Crippen molar-refractivity contribution in [1.82, 2.24) is 9.88 Å². The third kappa shape index (κ3) is 2.60. The molecule has 1 aromatic carbocycles. The van der Waals surface area contributed by atoms with Gasteiger partial charge in [0.1, 0.15) is 6.04 Å². The Hall–Kier alpha value is -2.56. The molecule has 1 aromatic heterocycles. The van der Waals surface area contributed by atoms with Gasteiger partial charge in [-0.3, -0.25) is 4.79 Å². The Morgan fingerprint density at radius 1 is 1.29 bits per heavy atom. The smallest absolute Gasteiger partial charge is 0.329 e. The molecule has 24 heavy (non-hydrogen) atoms. The van der Waals surface area contributed by atoms with E-state index in [1.165, 1.54) is 18.9 Å². The third-order valence-electron chi connectivity index (χ3n) is 4.57. The molecule has 0 spiro atoms. The number of hydrogen-bond acceptors (Lipinski definition) is 3. The van der Waals surface area contributed by atoms with Crippen LogP contribution in [0.15, 0.2) is 30.5 Å². The van der Waals surface area contributed by atoms with Gasteiger partial charge in [0, 0.05) is 36.1 Å². The minimum atomic E-state index is -0.651. The summed E-state index contributed by atoms with van der Waals surface area (Å²) < 4.78 is 4.95. The highest BCUT2D eigenvalue weighted by Gasteiger charge is 2.34. The molecule has 3 rings (SSSR count). The number of esters is 1. The number of allylic oxidation sites excluding steroid dienone is 1. The molecule has 2 heterocycles. The predicted octanol–water partition coefficient (Wildman–Crippen LogP) is 3.11. The highest BCUT2D eigenvalue weighted by molar-refractivity contribution is 5.93. The Morgan fingerprint density at radius 2 is 2.00 bits per heavy atom. The molecule has 0 bridgehead atoms. The van der Waals surface area contributed by atoms with Gasteiger partial charge >= 0.3 is 5.97 Å². The lowest BCUT2D eigenvalue weighted by molar-refractivity contribution is -0.150. The number of aromatic nitrogens is 1. The number of fused-ring (bicyclic) bond motifs is 3. The van der Waals surface area contributed by atoms with E-state index in [0.717, 1.165) is 27.7 Å². The third-order valence-corrected chi connectivity index (χ3v) is 4.57. The number of para-hydroxylation sites is 1. The lowest BCUT2D eigenvalue weighted by Gasteiger charge is -2.25. The molecule has 5 heteroatoms. The first-order valence-electron chi connectivity index (χ1n) is 8.12. The maximum atomic E-state index is 12.3. The minimum Gasteiger partial charge on any atom is -0.467 e. The van der Waals surface area contributed by atoms with Gasteiger partial charge in [-0.1, -0.05) is 32.0 Å². The van der Waals surface area contributed by atoms with Crippen molar-refractivity contribution in [2.45, 2.75) is 33.2 Å². The average Bonchev–Trinajstić information content (AvgIpc) is 2.81. The second-order valence-electron chi connectivity index (χ2n) is 6.43. The number of rotatable bonds is 2. The van der Waals surface area contributed by atoms with Gasteiger partial charge in [-0.2, -0.15) is 0 Å². The molecule has 0 radical (unpaired) electrons. The number of methoxy groups -OCH3 is 1. The number of H-pyrrole nitrogens is 1. The van der Waals surface area contributed by atoms with Crippen LogP contribution in [0.1, 0.15) is 32.0 Å². The number of amides is 1. The standard InChI is InChI=1S/C19H22N2O3/c1-11(2)15-10-21(12(3)22)17(19(23)24-4)9-14-13-7-5-6-8-16(13)20-18(14)15/h5-8,10-11,17,20H,9H2,1-4H3. The molecule has 0 saturated carbocycles. The second-order valence-corrected chi connectivity index (χ2v) is 6.43. The number of hydrogen-bond donors (Lipinski definition) is 1. The van der Waals surface area contributed by atoms with Crippen LogP contribution >= 0.6 is 0 Å². The van der Waals surface area contributed by atoms with Crippen LogP contribution in [0.2, 0.25) is 0 Å². The van der Waals surface area contributed by atoms with E-state index in [4.69, 9.17) is 4.74 Å². The van der Waals surface area contributed by atoms with Crippen molar-refractivity contribution >= 4 is 28.4 Å². The van der Waals surface area contributed by atoms with Gasteiger partial charge in [0.05, 0.1) is 7.11 Å². The van der Waals surface area contributed by atoms with Crippen molar-refractivity contribution in [3.05, 3.63) is 41.7 Å². The van der Waals surface area contributed by atoms with Crippen LogP contribution in [0, 0.1) is 5.92 Å². The van der Waals surface area contributed by atoms with E-state index in [2.05, 4.69) is 18.8 Å². The molecular formula is C19H22N2O3. The quantitative estimate of drug-likeness (QED) is 0.863. The normalized spacial score (nSPS) is 17.5. The van der Waals surface area contributed by atoms with Crippen LogP contribution in [0.5, 0.6) is 0 Å². The molecule has 1 N–H and O–H groups in total. The number of nitrogens with one attached hydrogen (secondary N) is 1. The van der Waals surface area contributed by atoms with E-state index in [9.17, 15) is 9.59 Å². The summed E-state index contributed by atoms with van der Waals surface area (Å²) in [7, 11) is 1.36. The molecule has 0 saturated heterocycles. The predicted molar refractivity (Wildman–Crippen MR) is 93.1 cm³/mol. The van der Waals surface area contributed by atoms with E-state index in [0.29, 0.717) is 6.42 Å². The highest BCUT2D eigenvalue weighted by atomic mass is 16.5. The summed E-state index contributed by atoms with van der Waals surface area (Å²) in [6.45, 7) is 5.64. The van der Waals surface area contributed by atoms with Crippen molar-refractivity contribution in [3.8, 4) is 0 Å². The molecule has 1 aliphatic heterocycles. The summed E-state index contributed by atoms with van der Waals surface area (Å²) in [5, 5.41) is 1.08. The zero-order chi connectivity index (χ0) is 17.4. The van der Waals surface area contributed by atoms with Crippen molar-refractivity contribution in [1.29, 1.82) is 0 Å². The summed E-state index contributed by atoms with van der Waals surface area (Å²) in [6.07, 6.45) is 2.23. The van der Waals surface area contributed by atoms with Crippen molar-refractivity contribution < 1.29 is 14.3 Å². The first kappa shape index (κ1) is 16.3. The van der Waals surface area contributed by atoms with Gasteiger partial charge < -0.3 is 14.6 Å². The number of carbonyl (C=O) groups excluding carboxylic acids is 2. The Kier molecular flexibility index (Phi) is 4.18. The lowest BCUT2D eigenvalue weighted by atomic mass is 9.96. The first-order chi connectivity index (χ1) is 11.4. The lowest BCUT2D eigenvalue weighted by Crippen LogP contribution is -2.42. The molecule has 0 aliphatic carbocycles. The number of aromatic amines is 1. The van der Waals surface area contributed by atoms with Gasteiger partial charge in [-0.25, -0.2) is 4.79 Å². The van der Waals surface area contributed by atoms with Gasteiger partial charge in [0.2, 0.25) is 5.91 Å². The fourth-order valence-corrected chi connectivity index (χ4v) is 3.34. The van der Waals surface area contributed by atoms with E-state index in [-0.39, 0.29) is 11.8 Å². The summed E-state index contributed by atoms with van der Waals surface area (Å²) >= 11 is 0. The summed E-state index contributed by atoms with van der Waals surface area (Å²) in [4.78, 5) is 29.4. The Morgan fingerprint density at radius 3 is 2.62 bits per heavy atom. The monoisotopic (exact) mass is 326 g/mol. The Bertz CT molecular complexity index is 832. The number of benzene rings is 1. The number of ether oxygens (including phenoxy) is 1. The van der Waals surface area contributed by atoms with E-state index in [1.807, 2.05) is 24.3 Å². The van der Waals surface area contributed by atoms with Gasteiger partial charge in [-0.15, -0.1) is 0 Å². The molecular weight excluding hydrogens is 304 g/mol. The zero-order valence-corrected chi connectivity index (χ0v) is 14.4. The topological polar surface area (TPSA) is 62.4 Å². The fourth-order valence-electron chi connectivity index (χ4n) is 3.34. The van der Waals surface area contributed by atoms with E-state index in [1.54, 1.807) is 6.20 Å². The van der Waals surface area contributed by atoms with Crippen LogP contribution in [0.4, 0.5) is 0 Å². The van der Waals surface area contributed by atoms with E-state index >= 15 is 0 Å². The number of carbonyl (C=O) groups is 2. The highest BCUT2D eigenvalue weighted by Crippen LogP contribution is 2.35. The minimum absolute atomic E-state index is 0.169. The SMILES string of the molecule is COC(=O)C1Cc2c([nH]c3ccccc23)C(C(C)C)=CN1C(C)=O. The van der Waals surface area contributed by atoms with Crippen LogP contribution < -0.4 is 0 Å². The zero-order valence-electron chi connectivity index (χ0n) is 14.4. The molecule has 0 fully saturated rings. The van der Waals surface area contributed by atoms with E-state index < -0.39 is 12.0 Å². The number of nitrogens with zero attached hydrogens (tertiary/aromatic N) is 1. The van der Waals surface area contributed by atoms with Crippen LogP contribution in [0.25, 0.3) is 16.5 Å². The maximum Gasteiger partial charge on any atom is 0.329 e. The molecule has 1 atom stereocenters. The fraction of sp³-hybridized carbons (Fsp3) is 0.368. The largest absolute Gasteiger partial charge is 0.467 e. The van der Waals surface area contributed by atoms with Crippen molar-refractivity contribution in [2.75, 3.05) is 7.11 Å². The molecule has 2 aromatic rings. The Balaban J connectivity index is 2.26. The van der Waals surface area contributed by atoms with Gasteiger partial charge in [-0.05, 0) is 23.1 Å². The summed E-state index contributed by atoms with van der Waals surface area (Å²) in [6, 6.07) is 7.38. The molecule has 1 aliphatic rings. The Labute approximate surface area is 141 Å². The average molecular weight is 326 g/mol. The van der Waals surface area contributed by atoms with Gasteiger partial charge in [0.25, 0.3) is 0 Å². The molecule has 1 amide bonds. The maximum absolute atomic E-state index is 12.3. The molecule has 126 valence electrons.